The minimum Gasteiger partial charge on any atom is -0.467 e. The van der Waals surface area contributed by atoms with Crippen molar-refractivity contribution in [2.24, 2.45) is 5.92 Å². The number of urea groups is 1. The lowest BCUT2D eigenvalue weighted by atomic mass is 10.0. The Balaban J connectivity index is 4.24. The van der Waals surface area contributed by atoms with E-state index in [1.807, 2.05) is 13.8 Å². The highest BCUT2D eigenvalue weighted by atomic mass is 16.5. The summed E-state index contributed by atoms with van der Waals surface area (Å²) in [5.74, 6) is -0.133. The zero-order chi connectivity index (χ0) is 12.6. The van der Waals surface area contributed by atoms with Crippen LogP contribution in [0, 0.1) is 5.92 Å². The predicted molar refractivity (Wildman–Crippen MR) is 62.0 cm³/mol. The van der Waals surface area contributed by atoms with Gasteiger partial charge >= 0.3 is 12.0 Å². The second-order valence-electron chi connectivity index (χ2n) is 3.85. The van der Waals surface area contributed by atoms with Gasteiger partial charge in [-0.3, -0.25) is 0 Å². The molecular formula is C11H20N2O3. The van der Waals surface area contributed by atoms with Gasteiger partial charge in [-0.15, -0.1) is 6.58 Å². The molecule has 0 aliphatic carbocycles. The lowest BCUT2D eigenvalue weighted by molar-refractivity contribution is -0.143. The first-order valence-electron chi connectivity index (χ1n) is 5.24. The molecule has 0 spiro atoms. The molecule has 0 saturated heterocycles. The SMILES string of the molecule is C=CCNC(=O)N[C@@H](CC(C)C)C(=O)OC. The maximum absolute atomic E-state index is 11.4. The average molecular weight is 228 g/mol. The number of methoxy groups -OCH3 is 1. The molecule has 0 aromatic rings. The Labute approximate surface area is 96.2 Å². The summed E-state index contributed by atoms with van der Waals surface area (Å²) in [7, 11) is 1.30. The quantitative estimate of drug-likeness (QED) is 0.527. The Bertz CT molecular complexity index is 252. The standard InChI is InChI=1S/C11H20N2O3/c1-5-6-12-11(15)13-9(7-8(2)3)10(14)16-4/h5,8-9H,1,6-7H2,2-4H3,(H2,12,13,15)/t9-/m0/s1. The summed E-state index contributed by atoms with van der Waals surface area (Å²) in [4.78, 5) is 22.7. The molecule has 2 N–H and O–H groups in total. The lowest BCUT2D eigenvalue weighted by Gasteiger charge is -2.18. The maximum Gasteiger partial charge on any atom is 0.328 e. The Hall–Kier alpha value is -1.52. The third-order valence-electron chi connectivity index (χ3n) is 1.91. The van der Waals surface area contributed by atoms with Crippen LogP contribution in [0.3, 0.4) is 0 Å². The number of esters is 1. The number of hydrogen-bond donors (Lipinski definition) is 2. The first-order valence-corrected chi connectivity index (χ1v) is 5.24. The van der Waals surface area contributed by atoms with Crippen LogP contribution >= 0.6 is 0 Å². The van der Waals surface area contributed by atoms with E-state index in [0.717, 1.165) is 0 Å². The fourth-order valence-electron chi connectivity index (χ4n) is 1.20. The molecule has 16 heavy (non-hydrogen) atoms. The van der Waals surface area contributed by atoms with E-state index in [2.05, 4.69) is 21.9 Å². The van der Waals surface area contributed by atoms with Gasteiger partial charge in [-0.2, -0.15) is 0 Å². The number of rotatable bonds is 6. The van der Waals surface area contributed by atoms with Crippen LogP contribution in [0.1, 0.15) is 20.3 Å². The van der Waals surface area contributed by atoms with Crippen LogP contribution < -0.4 is 10.6 Å². The zero-order valence-corrected chi connectivity index (χ0v) is 10.1. The smallest absolute Gasteiger partial charge is 0.328 e. The van der Waals surface area contributed by atoms with E-state index in [1.54, 1.807) is 6.08 Å². The summed E-state index contributed by atoms with van der Waals surface area (Å²) in [6.07, 6.45) is 2.11. The molecule has 0 aliphatic rings. The largest absolute Gasteiger partial charge is 0.467 e. The normalized spacial score (nSPS) is 11.8. The molecule has 1 atom stereocenters. The number of carbonyl (C=O) groups excluding carboxylic acids is 2. The Kier molecular flexibility index (Phi) is 7.00. The summed E-state index contributed by atoms with van der Waals surface area (Å²) in [6, 6.07) is -0.995. The molecule has 0 unspecified atom stereocenters. The monoisotopic (exact) mass is 228 g/mol. The number of nitrogens with one attached hydrogen (secondary N) is 2. The fourth-order valence-corrected chi connectivity index (χ4v) is 1.20. The number of amides is 2. The Morgan fingerprint density at radius 3 is 2.50 bits per heavy atom. The first kappa shape index (κ1) is 14.5. The summed E-state index contributed by atoms with van der Waals surface area (Å²) < 4.78 is 4.62. The summed E-state index contributed by atoms with van der Waals surface area (Å²) in [6.45, 7) is 7.78. The van der Waals surface area contributed by atoms with Crippen molar-refractivity contribution in [3.05, 3.63) is 12.7 Å². The van der Waals surface area contributed by atoms with Crippen molar-refractivity contribution >= 4 is 12.0 Å². The van der Waals surface area contributed by atoms with Crippen molar-refractivity contribution in [3.8, 4) is 0 Å². The zero-order valence-electron chi connectivity index (χ0n) is 10.1. The Morgan fingerprint density at radius 1 is 1.44 bits per heavy atom. The minimum atomic E-state index is -0.602. The van der Waals surface area contributed by atoms with E-state index in [4.69, 9.17) is 0 Å². The van der Waals surface area contributed by atoms with Gasteiger partial charge in [0.05, 0.1) is 7.11 Å². The van der Waals surface area contributed by atoms with Gasteiger partial charge in [-0.05, 0) is 12.3 Å². The average Bonchev–Trinajstić information content (AvgIpc) is 2.23. The maximum atomic E-state index is 11.4. The van der Waals surface area contributed by atoms with E-state index in [-0.39, 0.29) is 0 Å². The number of carbonyl (C=O) groups is 2. The molecule has 0 fully saturated rings. The van der Waals surface area contributed by atoms with Crippen molar-refractivity contribution in [2.75, 3.05) is 13.7 Å². The van der Waals surface area contributed by atoms with E-state index >= 15 is 0 Å². The third-order valence-corrected chi connectivity index (χ3v) is 1.91. The van der Waals surface area contributed by atoms with Crippen molar-refractivity contribution in [1.82, 2.24) is 10.6 Å². The van der Waals surface area contributed by atoms with Crippen molar-refractivity contribution in [3.63, 3.8) is 0 Å². The van der Waals surface area contributed by atoms with Gasteiger partial charge in [0.1, 0.15) is 6.04 Å². The molecule has 5 heteroatoms. The van der Waals surface area contributed by atoms with Crippen molar-refractivity contribution < 1.29 is 14.3 Å². The third kappa shape index (κ3) is 6.06. The minimum absolute atomic E-state index is 0.295. The molecule has 0 radical (unpaired) electrons. The highest BCUT2D eigenvalue weighted by Gasteiger charge is 2.22. The predicted octanol–water partition coefficient (Wildman–Crippen LogP) is 1.06. The molecule has 92 valence electrons. The molecule has 5 nitrogen and oxygen atoms in total. The van der Waals surface area contributed by atoms with Gasteiger partial charge in [-0.1, -0.05) is 19.9 Å². The molecule has 2 amide bonds. The molecule has 0 rings (SSSR count). The van der Waals surface area contributed by atoms with Gasteiger partial charge in [0.25, 0.3) is 0 Å². The lowest BCUT2D eigenvalue weighted by Crippen LogP contribution is -2.47. The molecule has 0 aromatic heterocycles. The highest BCUT2D eigenvalue weighted by molar-refractivity contribution is 5.83. The fraction of sp³-hybridized carbons (Fsp3) is 0.636. The van der Waals surface area contributed by atoms with Gasteiger partial charge < -0.3 is 15.4 Å². The summed E-state index contributed by atoms with van der Waals surface area (Å²) in [5, 5.41) is 5.10. The van der Waals surface area contributed by atoms with E-state index in [1.165, 1.54) is 7.11 Å². The number of hydrogen-bond acceptors (Lipinski definition) is 3. The van der Waals surface area contributed by atoms with E-state index in [9.17, 15) is 9.59 Å². The molecule has 0 bridgehead atoms. The summed E-state index contributed by atoms with van der Waals surface area (Å²) >= 11 is 0. The molecule has 0 saturated carbocycles. The van der Waals surface area contributed by atoms with Crippen molar-refractivity contribution in [1.29, 1.82) is 0 Å². The second kappa shape index (κ2) is 7.73. The van der Waals surface area contributed by atoms with Gasteiger partial charge in [-0.25, -0.2) is 9.59 Å². The molecule has 0 heterocycles. The molecule has 0 aromatic carbocycles. The van der Waals surface area contributed by atoms with Crippen LogP contribution in [0.4, 0.5) is 4.79 Å². The van der Waals surface area contributed by atoms with E-state index < -0.39 is 18.0 Å². The first-order chi connectivity index (χ1) is 7.51. The van der Waals surface area contributed by atoms with Crippen LogP contribution in [0.25, 0.3) is 0 Å². The van der Waals surface area contributed by atoms with Crippen molar-refractivity contribution in [2.45, 2.75) is 26.3 Å². The highest BCUT2D eigenvalue weighted by Crippen LogP contribution is 2.05. The second-order valence-corrected chi connectivity index (χ2v) is 3.85. The Morgan fingerprint density at radius 2 is 2.06 bits per heavy atom. The van der Waals surface area contributed by atoms with Crippen LogP contribution in [0.2, 0.25) is 0 Å². The topological polar surface area (TPSA) is 67.4 Å². The van der Waals surface area contributed by atoms with Crippen LogP contribution in [0.5, 0.6) is 0 Å². The molecule has 0 aliphatic heterocycles. The molecular weight excluding hydrogens is 208 g/mol. The summed E-state index contributed by atoms with van der Waals surface area (Å²) in [5.41, 5.74) is 0. The van der Waals surface area contributed by atoms with Crippen LogP contribution in [-0.2, 0) is 9.53 Å². The van der Waals surface area contributed by atoms with Gasteiger partial charge in [0.2, 0.25) is 0 Å². The number of ether oxygens (including phenoxy) is 1. The van der Waals surface area contributed by atoms with Gasteiger partial charge in [0, 0.05) is 6.54 Å². The van der Waals surface area contributed by atoms with Gasteiger partial charge in [0.15, 0.2) is 0 Å². The van der Waals surface area contributed by atoms with Crippen LogP contribution in [-0.4, -0.2) is 31.7 Å². The van der Waals surface area contributed by atoms with Crippen LogP contribution in [0.15, 0.2) is 12.7 Å². The van der Waals surface area contributed by atoms with E-state index in [0.29, 0.717) is 18.9 Å².